The molecule has 26 heavy (non-hydrogen) atoms. The third-order valence-electron chi connectivity index (χ3n) is 5.26. The highest BCUT2D eigenvalue weighted by Gasteiger charge is 2.23. The summed E-state index contributed by atoms with van der Waals surface area (Å²) in [5, 5.41) is 27.3. The van der Waals surface area contributed by atoms with Gasteiger partial charge in [-0.25, -0.2) is 0 Å². The van der Waals surface area contributed by atoms with Crippen molar-refractivity contribution in [1.82, 2.24) is 4.90 Å². The number of nitrogens with one attached hydrogen (secondary N) is 1. The Morgan fingerprint density at radius 2 is 1.62 bits per heavy atom. The number of allylic oxidation sites excluding steroid dienone is 2. The number of likely N-dealkylation sites (N-methyl/N-ethyl adjacent to an activating group) is 1. The molecule has 0 aliphatic heterocycles. The van der Waals surface area contributed by atoms with E-state index in [1.807, 2.05) is 36.2 Å². The van der Waals surface area contributed by atoms with Crippen molar-refractivity contribution in [2.45, 2.75) is 38.5 Å². The van der Waals surface area contributed by atoms with E-state index in [-0.39, 0.29) is 5.75 Å². The van der Waals surface area contributed by atoms with Gasteiger partial charge in [-0.3, -0.25) is 5.41 Å². The van der Waals surface area contributed by atoms with Gasteiger partial charge in [0.2, 0.25) is 0 Å². The average Bonchev–Trinajstić information content (AvgIpc) is 2.63. The van der Waals surface area contributed by atoms with Crippen LogP contribution in [0.2, 0.25) is 0 Å². The van der Waals surface area contributed by atoms with Crippen LogP contribution >= 0.6 is 0 Å². The van der Waals surface area contributed by atoms with E-state index >= 15 is 0 Å². The Bertz CT molecular complexity index is 807. The smallest absolute Gasteiger partial charge is 0.115 e. The molecule has 1 aliphatic rings. The average molecular weight is 350 g/mol. The Labute approximate surface area is 154 Å². The van der Waals surface area contributed by atoms with Crippen molar-refractivity contribution in [3.63, 3.8) is 0 Å². The lowest BCUT2D eigenvalue weighted by Crippen LogP contribution is -2.29. The summed E-state index contributed by atoms with van der Waals surface area (Å²) >= 11 is 0. The van der Waals surface area contributed by atoms with Gasteiger partial charge in [0.25, 0.3) is 0 Å². The summed E-state index contributed by atoms with van der Waals surface area (Å²) in [5.41, 5.74) is 4.86. The van der Waals surface area contributed by atoms with E-state index < -0.39 is 0 Å². The summed E-state index contributed by atoms with van der Waals surface area (Å²) in [6.07, 6.45) is 3.53. The molecule has 1 atom stereocenters. The Kier molecular flexibility index (Phi) is 5.31. The van der Waals surface area contributed by atoms with Crippen LogP contribution < -0.4 is 0 Å². The third-order valence-corrected chi connectivity index (χ3v) is 5.26. The number of aromatic hydroxyl groups is 2. The number of benzene rings is 2. The molecule has 1 aliphatic carbocycles. The second kappa shape index (κ2) is 7.65. The van der Waals surface area contributed by atoms with Crippen molar-refractivity contribution in [3.8, 4) is 11.5 Å². The zero-order chi connectivity index (χ0) is 18.7. The van der Waals surface area contributed by atoms with Crippen molar-refractivity contribution >= 4 is 5.84 Å². The van der Waals surface area contributed by atoms with Crippen molar-refractivity contribution in [2.24, 2.45) is 0 Å². The van der Waals surface area contributed by atoms with Crippen molar-refractivity contribution in [2.75, 3.05) is 7.05 Å². The lowest BCUT2D eigenvalue weighted by molar-refractivity contribution is 0.470. The standard InChI is InChI=1S/C22H26N2O2/c1-15-13-18(17-5-10-20(26)11-6-17)7-12-21(15)24(2)22(23)14-16-3-8-19(25)9-4-16/h3-6,8-11,18,23,25-26H,7,12-14H2,1-2H3. The van der Waals surface area contributed by atoms with E-state index in [1.165, 1.54) is 16.8 Å². The SMILES string of the molecule is CC1=C(N(C)C(=N)Cc2ccc(O)cc2)CCC(c2ccc(O)cc2)C1. The number of hydrogen-bond acceptors (Lipinski definition) is 3. The number of hydrogen-bond donors (Lipinski definition) is 3. The van der Waals surface area contributed by atoms with Crippen LogP contribution in [0, 0.1) is 5.41 Å². The van der Waals surface area contributed by atoms with Gasteiger partial charge in [-0.15, -0.1) is 0 Å². The molecule has 0 saturated heterocycles. The molecule has 0 bridgehead atoms. The summed E-state index contributed by atoms with van der Waals surface area (Å²) < 4.78 is 0. The molecule has 136 valence electrons. The maximum absolute atomic E-state index is 9.47. The summed E-state index contributed by atoms with van der Waals surface area (Å²) in [4.78, 5) is 2.01. The molecule has 3 rings (SSSR count). The van der Waals surface area contributed by atoms with Gasteiger partial charge in [0.15, 0.2) is 0 Å². The highest BCUT2D eigenvalue weighted by molar-refractivity contribution is 5.83. The van der Waals surface area contributed by atoms with Crippen molar-refractivity contribution in [3.05, 3.63) is 70.9 Å². The van der Waals surface area contributed by atoms with Gasteiger partial charge in [-0.05, 0) is 67.5 Å². The van der Waals surface area contributed by atoms with E-state index in [0.717, 1.165) is 24.8 Å². The summed E-state index contributed by atoms with van der Waals surface area (Å²) in [6, 6.07) is 14.6. The van der Waals surface area contributed by atoms with E-state index in [1.54, 1.807) is 24.3 Å². The first kappa shape index (κ1) is 18.1. The molecule has 1 unspecified atom stereocenters. The van der Waals surface area contributed by atoms with Crippen LogP contribution in [0.4, 0.5) is 0 Å². The molecule has 3 N–H and O–H groups in total. The van der Waals surface area contributed by atoms with Gasteiger partial charge in [-0.1, -0.05) is 29.8 Å². The van der Waals surface area contributed by atoms with Crippen LogP contribution in [0.15, 0.2) is 59.8 Å². The predicted octanol–water partition coefficient (Wildman–Crippen LogP) is 4.79. The Morgan fingerprint density at radius 1 is 1.04 bits per heavy atom. The second-order valence-corrected chi connectivity index (χ2v) is 7.11. The Balaban J connectivity index is 1.68. The fraction of sp³-hybridized carbons (Fsp3) is 0.318. The fourth-order valence-electron chi connectivity index (χ4n) is 3.69. The van der Waals surface area contributed by atoms with Crippen LogP contribution in [0.3, 0.4) is 0 Å². The molecule has 0 radical (unpaired) electrons. The molecular formula is C22H26N2O2. The molecule has 2 aromatic carbocycles. The molecule has 0 saturated carbocycles. The molecule has 0 fully saturated rings. The van der Waals surface area contributed by atoms with E-state index in [0.29, 0.717) is 23.9 Å². The molecular weight excluding hydrogens is 324 g/mol. The van der Waals surface area contributed by atoms with Crippen LogP contribution in [-0.2, 0) is 6.42 Å². The molecule has 0 heterocycles. The molecule has 2 aromatic rings. The quantitative estimate of drug-likeness (QED) is 0.548. The van der Waals surface area contributed by atoms with Gasteiger partial charge in [0.05, 0.1) is 0 Å². The maximum Gasteiger partial charge on any atom is 0.115 e. The lowest BCUT2D eigenvalue weighted by Gasteiger charge is -2.32. The number of amidine groups is 1. The number of phenolic OH excluding ortho intramolecular Hbond substituents is 2. The highest BCUT2D eigenvalue weighted by Crippen LogP contribution is 2.37. The minimum atomic E-state index is 0.250. The maximum atomic E-state index is 9.47. The topological polar surface area (TPSA) is 67.6 Å². The summed E-state index contributed by atoms with van der Waals surface area (Å²) in [7, 11) is 1.97. The van der Waals surface area contributed by atoms with E-state index in [9.17, 15) is 10.2 Å². The van der Waals surface area contributed by atoms with E-state index in [4.69, 9.17) is 5.41 Å². The minimum absolute atomic E-state index is 0.250. The number of phenols is 2. The first-order valence-electron chi connectivity index (χ1n) is 9.00. The number of nitrogens with zero attached hydrogens (tertiary/aromatic N) is 1. The number of rotatable bonds is 4. The van der Waals surface area contributed by atoms with Gasteiger partial charge in [0.1, 0.15) is 17.3 Å². The van der Waals surface area contributed by atoms with E-state index in [2.05, 4.69) is 6.92 Å². The van der Waals surface area contributed by atoms with Crippen LogP contribution in [0.25, 0.3) is 0 Å². The fourth-order valence-corrected chi connectivity index (χ4v) is 3.69. The van der Waals surface area contributed by atoms with Crippen LogP contribution in [0.5, 0.6) is 11.5 Å². The van der Waals surface area contributed by atoms with Crippen LogP contribution in [0.1, 0.15) is 43.2 Å². The molecule has 0 aromatic heterocycles. The highest BCUT2D eigenvalue weighted by atomic mass is 16.3. The molecule has 0 amide bonds. The summed E-state index contributed by atoms with van der Waals surface area (Å²) in [6.45, 7) is 2.16. The summed E-state index contributed by atoms with van der Waals surface area (Å²) in [5.74, 6) is 1.59. The van der Waals surface area contributed by atoms with Crippen molar-refractivity contribution < 1.29 is 10.2 Å². The minimum Gasteiger partial charge on any atom is -0.508 e. The molecule has 4 heteroatoms. The lowest BCUT2D eigenvalue weighted by atomic mass is 9.82. The monoisotopic (exact) mass is 350 g/mol. The molecule has 4 nitrogen and oxygen atoms in total. The Hall–Kier alpha value is -2.75. The normalized spacial score (nSPS) is 17.2. The van der Waals surface area contributed by atoms with Gasteiger partial charge in [0, 0.05) is 19.2 Å². The third kappa shape index (κ3) is 4.07. The first-order chi connectivity index (χ1) is 12.4. The Morgan fingerprint density at radius 3 is 2.19 bits per heavy atom. The van der Waals surface area contributed by atoms with Gasteiger partial charge < -0.3 is 15.1 Å². The predicted molar refractivity (Wildman–Crippen MR) is 105 cm³/mol. The van der Waals surface area contributed by atoms with Gasteiger partial charge in [-0.2, -0.15) is 0 Å². The first-order valence-corrected chi connectivity index (χ1v) is 9.00. The second-order valence-electron chi connectivity index (χ2n) is 7.11. The largest absolute Gasteiger partial charge is 0.508 e. The van der Waals surface area contributed by atoms with Crippen LogP contribution in [-0.4, -0.2) is 28.0 Å². The van der Waals surface area contributed by atoms with Crippen molar-refractivity contribution in [1.29, 1.82) is 5.41 Å². The molecule has 0 spiro atoms. The zero-order valence-electron chi connectivity index (χ0n) is 15.4. The zero-order valence-corrected chi connectivity index (χ0v) is 15.4. The van der Waals surface area contributed by atoms with Gasteiger partial charge >= 0.3 is 0 Å².